The van der Waals surface area contributed by atoms with E-state index in [4.69, 9.17) is 0 Å². The summed E-state index contributed by atoms with van der Waals surface area (Å²) in [5, 5.41) is 13.5. The number of hydrogen-bond donors (Lipinski definition) is 2. The van der Waals surface area contributed by atoms with Gasteiger partial charge in [-0.3, -0.25) is 0 Å². The molecule has 0 aromatic heterocycles. The van der Waals surface area contributed by atoms with E-state index in [1.807, 2.05) is 30.3 Å². The lowest BCUT2D eigenvalue weighted by molar-refractivity contribution is 0.171. The minimum atomic E-state index is -0.464. The minimum Gasteiger partial charge on any atom is -0.387 e. The molecule has 0 heterocycles. The van der Waals surface area contributed by atoms with Crippen LogP contribution < -0.4 is 5.32 Å². The lowest BCUT2D eigenvalue weighted by Gasteiger charge is -2.18. The highest BCUT2D eigenvalue weighted by atomic mass is 16.3. The van der Waals surface area contributed by atoms with Gasteiger partial charge in [-0.1, -0.05) is 61.5 Å². The standard InChI is InChI=1S/C18H23NO/c1-3-15-9-11-16(12-10-15)14(2)19-13-18(20)17-7-5-4-6-8-17/h4-12,14,18-20H,3,13H2,1-2H3. The summed E-state index contributed by atoms with van der Waals surface area (Å²) in [6, 6.07) is 18.6. The van der Waals surface area contributed by atoms with Gasteiger partial charge in [-0.2, -0.15) is 0 Å². The molecular formula is C18H23NO. The van der Waals surface area contributed by atoms with E-state index in [1.54, 1.807) is 0 Å². The Kier molecular flexibility index (Phi) is 5.33. The van der Waals surface area contributed by atoms with Gasteiger partial charge in [-0.25, -0.2) is 0 Å². The smallest absolute Gasteiger partial charge is 0.0914 e. The van der Waals surface area contributed by atoms with Crippen LogP contribution in [0.2, 0.25) is 0 Å². The quantitative estimate of drug-likeness (QED) is 0.839. The fourth-order valence-corrected chi connectivity index (χ4v) is 2.24. The topological polar surface area (TPSA) is 32.3 Å². The van der Waals surface area contributed by atoms with Crippen molar-refractivity contribution in [3.8, 4) is 0 Å². The first-order chi connectivity index (χ1) is 9.70. The van der Waals surface area contributed by atoms with Crippen molar-refractivity contribution in [3.05, 3.63) is 71.3 Å². The molecule has 0 amide bonds. The van der Waals surface area contributed by atoms with Gasteiger partial charge in [0.05, 0.1) is 6.10 Å². The first kappa shape index (κ1) is 14.8. The molecule has 0 radical (unpaired) electrons. The van der Waals surface area contributed by atoms with Gasteiger partial charge in [0.25, 0.3) is 0 Å². The van der Waals surface area contributed by atoms with Crippen LogP contribution in [0.1, 0.15) is 42.7 Å². The third-order valence-corrected chi connectivity index (χ3v) is 3.69. The third-order valence-electron chi connectivity index (χ3n) is 3.69. The molecule has 2 heteroatoms. The van der Waals surface area contributed by atoms with Gasteiger partial charge in [0.1, 0.15) is 0 Å². The summed E-state index contributed by atoms with van der Waals surface area (Å²) >= 11 is 0. The molecule has 2 aromatic carbocycles. The van der Waals surface area contributed by atoms with Crippen molar-refractivity contribution in [1.29, 1.82) is 0 Å². The van der Waals surface area contributed by atoms with Crippen LogP contribution in [0.3, 0.4) is 0 Å². The Labute approximate surface area is 121 Å². The second-order valence-corrected chi connectivity index (χ2v) is 5.15. The summed E-state index contributed by atoms with van der Waals surface area (Å²) in [6.07, 6.45) is 0.600. The van der Waals surface area contributed by atoms with Crippen molar-refractivity contribution < 1.29 is 5.11 Å². The Morgan fingerprint density at radius 2 is 1.60 bits per heavy atom. The number of hydrogen-bond acceptors (Lipinski definition) is 2. The Bertz CT molecular complexity index is 507. The predicted molar refractivity (Wildman–Crippen MR) is 83.6 cm³/mol. The van der Waals surface area contributed by atoms with Crippen molar-refractivity contribution in [3.63, 3.8) is 0 Å². The summed E-state index contributed by atoms with van der Waals surface area (Å²) in [6.45, 7) is 4.84. The molecule has 0 aliphatic heterocycles. The molecule has 0 saturated heterocycles. The van der Waals surface area contributed by atoms with E-state index < -0.39 is 6.10 Å². The lowest BCUT2D eigenvalue weighted by atomic mass is 10.0. The van der Waals surface area contributed by atoms with E-state index in [2.05, 4.69) is 43.4 Å². The molecule has 0 bridgehead atoms. The van der Waals surface area contributed by atoms with E-state index in [-0.39, 0.29) is 6.04 Å². The van der Waals surface area contributed by atoms with Crippen molar-refractivity contribution >= 4 is 0 Å². The largest absolute Gasteiger partial charge is 0.387 e. The maximum atomic E-state index is 10.1. The molecule has 0 aliphatic carbocycles. The maximum absolute atomic E-state index is 10.1. The molecule has 0 saturated carbocycles. The molecule has 2 nitrogen and oxygen atoms in total. The molecule has 0 spiro atoms. The van der Waals surface area contributed by atoms with Crippen LogP contribution in [0, 0.1) is 0 Å². The molecular weight excluding hydrogens is 246 g/mol. The molecule has 2 unspecified atom stereocenters. The maximum Gasteiger partial charge on any atom is 0.0914 e. The van der Waals surface area contributed by atoms with Crippen LogP contribution in [0.4, 0.5) is 0 Å². The van der Waals surface area contributed by atoms with E-state index in [9.17, 15) is 5.11 Å². The first-order valence-electron chi connectivity index (χ1n) is 7.26. The predicted octanol–water partition coefficient (Wildman–Crippen LogP) is 3.63. The zero-order chi connectivity index (χ0) is 14.4. The molecule has 2 N–H and O–H groups in total. The van der Waals surface area contributed by atoms with Gasteiger partial charge in [-0.05, 0) is 30.0 Å². The van der Waals surface area contributed by atoms with E-state index in [0.29, 0.717) is 6.54 Å². The molecule has 20 heavy (non-hydrogen) atoms. The van der Waals surface area contributed by atoms with Crippen molar-refractivity contribution in [2.75, 3.05) is 6.54 Å². The Morgan fingerprint density at radius 1 is 0.950 bits per heavy atom. The number of aliphatic hydroxyl groups is 1. The molecule has 0 fully saturated rings. The fourth-order valence-electron chi connectivity index (χ4n) is 2.24. The van der Waals surface area contributed by atoms with Crippen molar-refractivity contribution in [2.45, 2.75) is 32.4 Å². The highest BCUT2D eigenvalue weighted by Gasteiger charge is 2.10. The zero-order valence-electron chi connectivity index (χ0n) is 12.2. The van der Waals surface area contributed by atoms with Gasteiger partial charge in [-0.15, -0.1) is 0 Å². The zero-order valence-corrected chi connectivity index (χ0v) is 12.2. The molecule has 0 aliphatic rings. The number of benzene rings is 2. The number of aryl methyl sites for hydroxylation is 1. The van der Waals surface area contributed by atoms with E-state index in [1.165, 1.54) is 11.1 Å². The average Bonchev–Trinajstić information content (AvgIpc) is 2.53. The fraction of sp³-hybridized carbons (Fsp3) is 0.333. The van der Waals surface area contributed by atoms with Crippen LogP contribution in [0.5, 0.6) is 0 Å². The number of nitrogens with one attached hydrogen (secondary N) is 1. The van der Waals surface area contributed by atoms with E-state index in [0.717, 1.165) is 12.0 Å². The number of rotatable bonds is 6. The molecule has 106 valence electrons. The monoisotopic (exact) mass is 269 g/mol. The van der Waals surface area contributed by atoms with E-state index >= 15 is 0 Å². The van der Waals surface area contributed by atoms with Crippen LogP contribution in [0.15, 0.2) is 54.6 Å². The summed E-state index contributed by atoms with van der Waals surface area (Å²) in [7, 11) is 0. The van der Waals surface area contributed by atoms with Crippen LogP contribution in [-0.4, -0.2) is 11.7 Å². The summed E-state index contributed by atoms with van der Waals surface area (Å²) in [5.74, 6) is 0. The number of aliphatic hydroxyl groups excluding tert-OH is 1. The summed E-state index contributed by atoms with van der Waals surface area (Å²) < 4.78 is 0. The van der Waals surface area contributed by atoms with Gasteiger partial charge >= 0.3 is 0 Å². The highest BCUT2D eigenvalue weighted by Crippen LogP contribution is 2.16. The second kappa shape index (κ2) is 7.22. The first-order valence-corrected chi connectivity index (χ1v) is 7.26. The van der Waals surface area contributed by atoms with Crippen molar-refractivity contribution in [2.24, 2.45) is 0 Å². The summed E-state index contributed by atoms with van der Waals surface area (Å²) in [4.78, 5) is 0. The normalized spacial score (nSPS) is 13.9. The summed E-state index contributed by atoms with van der Waals surface area (Å²) in [5.41, 5.74) is 3.56. The molecule has 2 rings (SSSR count). The lowest BCUT2D eigenvalue weighted by Crippen LogP contribution is -2.24. The third kappa shape index (κ3) is 3.92. The SMILES string of the molecule is CCc1ccc(C(C)NCC(O)c2ccccc2)cc1. The Hall–Kier alpha value is -1.64. The molecule has 2 aromatic rings. The van der Waals surface area contributed by atoms with Crippen molar-refractivity contribution in [1.82, 2.24) is 5.32 Å². The average molecular weight is 269 g/mol. The Balaban J connectivity index is 1.89. The minimum absolute atomic E-state index is 0.235. The van der Waals surface area contributed by atoms with Gasteiger partial charge < -0.3 is 10.4 Å². The van der Waals surface area contributed by atoms with Gasteiger partial charge in [0.15, 0.2) is 0 Å². The highest BCUT2D eigenvalue weighted by molar-refractivity contribution is 5.25. The van der Waals surface area contributed by atoms with Gasteiger partial charge in [0, 0.05) is 12.6 Å². The second-order valence-electron chi connectivity index (χ2n) is 5.15. The van der Waals surface area contributed by atoms with Crippen LogP contribution in [0.25, 0.3) is 0 Å². The molecule has 2 atom stereocenters. The van der Waals surface area contributed by atoms with Crippen LogP contribution >= 0.6 is 0 Å². The van der Waals surface area contributed by atoms with Crippen LogP contribution in [-0.2, 0) is 6.42 Å². The Morgan fingerprint density at radius 3 is 2.20 bits per heavy atom. The van der Waals surface area contributed by atoms with Gasteiger partial charge in [0.2, 0.25) is 0 Å².